The molecule has 1 amide bonds. The lowest BCUT2D eigenvalue weighted by Crippen LogP contribution is -2.41. The van der Waals surface area contributed by atoms with E-state index < -0.39 is 0 Å². The molecule has 0 saturated carbocycles. The zero-order valence-electron chi connectivity index (χ0n) is 12.2. The third kappa shape index (κ3) is 3.91. The van der Waals surface area contributed by atoms with Gasteiger partial charge in [0.1, 0.15) is 0 Å². The van der Waals surface area contributed by atoms with Gasteiger partial charge in [-0.25, -0.2) is 0 Å². The zero-order chi connectivity index (χ0) is 13.7. The van der Waals surface area contributed by atoms with Gasteiger partial charge in [0, 0.05) is 39.8 Å². The Morgan fingerprint density at radius 1 is 1.26 bits per heavy atom. The van der Waals surface area contributed by atoms with Gasteiger partial charge >= 0.3 is 0 Å². The standard InChI is InChI=1S/C14H27N3O2/c1-12-10-15-11-13(12)14(18)17-5-3-4-16(6-7-17)8-9-19-2/h12-13,15H,3-11H2,1-2H3. The van der Waals surface area contributed by atoms with Gasteiger partial charge in [0.25, 0.3) is 0 Å². The lowest BCUT2D eigenvalue weighted by molar-refractivity contribution is -0.135. The molecule has 0 aromatic carbocycles. The summed E-state index contributed by atoms with van der Waals surface area (Å²) in [7, 11) is 1.74. The highest BCUT2D eigenvalue weighted by atomic mass is 16.5. The summed E-state index contributed by atoms with van der Waals surface area (Å²) in [6.45, 7) is 9.57. The van der Waals surface area contributed by atoms with Crippen molar-refractivity contribution >= 4 is 5.91 Å². The number of hydrogen-bond acceptors (Lipinski definition) is 4. The van der Waals surface area contributed by atoms with E-state index in [0.29, 0.717) is 11.8 Å². The molecule has 2 aliphatic rings. The van der Waals surface area contributed by atoms with Crippen molar-refractivity contribution in [2.75, 3.05) is 59.5 Å². The average Bonchev–Trinajstić information content (AvgIpc) is 2.71. The fraction of sp³-hybridized carbons (Fsp3) is 0.929. The van der Waals surface area contributed by atoms with Gasteiger partial charge in [-0.2, -0.15) is 0 Å². The molecular formula is C14H27N3O2. The molecule has 2 aliphatic heterocycles. The van der Waals surface area contributed by atoms with Crippen molar-refractivity contribution in [1.82, 2.24) is 15.1 Å². The van der Waals surface area contributed by atoms with Crippen molar-refractivity contribution in [3.8, 4) is 0 Å². The van der Waals surface area contributed by atoms with Crippen LogP contribution in [-0.2, 0) is 9.53 Å². The molecule has 5 heteroatoms. The molecule has 2 heterocycles. The van der Waals surface area contributed by atoms with Gasteiger partial charge in [0.15, 0.2) is 0 Å². The van der Waals surface area contributed by atoms with E-state index in [1.165, 1.54) is 0 Å². The predicted octanol–water partition coefficient (Wildman–Crippen LogP) is 0.0226. The van der Waals surface area contributed by atoms with Crippen LogP contribution in [0.1, 0.15) is 13.3 Å². The molecule has 2 atom stereocenters. The van der Waals surface area contributed by atoms with E-state index in [-0.39, 0.29) is 5.92 Å². The quantitative estimate of drug-likeness (QED) is 0.782. The van der Waals surface area contributed by atoms with Crippen LogP contribution < -0.4 is 5.32 Å². The molecule has 0 bridgehead atoms. The van der Waals surface area contributed by atoms with Crippen molar-refractivity contribution in [2.24, 2.45) is 11.8 Å². The van der Waals surface area contributed by atoms with Gasteiger partial charge in [-0.1, -0.05) is 6.92 Å². The summed E-state index contributed by atoms with van der Waals surface area (Å²) < 4.78 is 5.12. The minimum atomic E-state index is 0.186. The zero-order valence-corrected chi connectivity index (χ0v) is 12.2. The molecule has 2 fully saturated rings. The van der Waals surface area contributed by atoms with Crippen molar-refractivity contribution < 1.29 is 9.53 Å². The highest BCUT2D eigenvalue weighted by Gasteiger charge is 2.33. The van der Waals surface area contributed by atoms with E-state index in [9.17, 15) is 4.79 Å². The summed E-state index contributed by atoms with van der Waals surface area (Å²) >= 11 is 0. The number of ether oxygens (including phenoxy) is 1. The topological polar surface area (TPSA) is 44.8 Å². The number of carbonyl (C=O) groups is 1. The first kappa shape index (κ1) is 14.8. The molecule has 2 rings (SSSR count). The Balaban J connectivity index is 1.83. The molecule has 0 radical (unpaired) electrons. The number of rotatable bonds is 4. The van der Waals surface area contributed by atoms with E-state index in [2.05, 4.69) is 22.0 Å². The lowest BCUT2D eigenvalue weighted by atomic mass is 9.96. The Labute approximate surface area is 116 Å². The minimum absolute atomic E-state index is 0.186. The fourth-order valence-electron chi connectivity index (χ4n) is 3.01. The fourth-order valence-corrected chi connectivity index (χ4v) is 3.01. The lowest BCUT2D eigenvalue weighted by Gasteiger charge is -2.25. The second kappa shape index (κ2) is 7.22. The highest BCUT2D eigenvalue weighted by Crippen LogP contribution is 2.19. The summed E-state index contributed by atoms with van der Waals surface area (Å²) in [5.41, 5.74) is 0. The van der Waals surface area contributed by atoms with Gasteiger partial charge in [0.05, 0.1) is 12.5 Å². The van der Waals surface area contributed by atoms with Crippen LogP contribution in [0.3, 0.4) is 0 Å². The SMILES string of the molecule is COCCN1CCCN(C(=O)C2CNCC2C)CC1. The van der Waals surface area contributed by atoms with Gasteiger partial charge in [0.2, 0.25) is 5.91 Å². The largest absolute Gasteiger partial charge is 0.383 e. The van der Waals surface area contributed by atoms with E-state index in [0.717, 1.165) is 58.8 Å². The maximum Gasteiger partial charge on any atom is 0.227 e. The summed E-state index contributed by atoms with van der Waals surface area (Å²) in [5.74, 6) is 1.01. The number of nitrogens with one attached hydrogen (secondary N) is 1. The minimum Gasteiger partial charge on any atom is -0.383 e. The van der Waals surface area contributed by atoms with E-state index in [1.54, 1.807) is 7.11 Å². The summed E-state index contributed by atoms with van der Waals surface area (Å²) in [5, 5.41) is 3.32. The molecule has 0 spiro atoms. The third-order valence-corrected chi connectivity index (χ3v) is 4.35. The molecule has 0 aliphatic carbocycles. The monoisotopic (exact) mass is 269 g/mol. The van der Waals surface area contributed by atoms with Gasteiger partial charge in [-0.05, 0) is 25.4 Å². The van der Waals surface area contributed by atoms with Crippen LogP contribution in [0.5, 0.6) is 0 Å². The van der Waals surface area contributed by atoms with Crippen LogP contribution >= 0.6 is 0 Å². The van der Waals surface area contributed by atoms with Crippen molar-refractivity contribution in [3.05, 3.63) is 0 Å². The van der Waals surface area contributed by atoms with Crippen LogP contribution in [0.2, 0.25) is 0 Å². The number of hydrogen-bond donors (Lipinski definition) is 1. The van der Waals surface area contributed by atoms with E-state index in [1.807, 2.05) is 0 Å². The van der Waals surface area contributed by atoms with Gasteiger partial charge in [-0.3, -0.25) is 9.69 Å². The average molecular weight is 269 g/mol. The van der Waals surface area contributed by atoms with Crippen LogP contribution in [0, 0.1) is 11.8 Å². The van der Waals surface area contributed by atoms with Crippen molar-refractivity contribution in [1.29, 1.82) is 0 Å². The van der Waals surface area contributed by atoms with Gasteiger partial charge < -0.3 is 15.0 Å². The molecule has 19 heavy (non-hydrogen) atoms. The maximum atomic E-state index is 12.5. The van der Waals surface area contributed by atoms with Gasteiger partial charge in [-0.15, -0.1) is 0 Å². The first-order valence-corrected chi connectivity index (χ1v) is 7.43. The number of carbonyl (C=O) groups excluding carboxylic acids is 1. The Morgan fingerprint density at radius 2 is 2.11 bits per heavy atom. The Kier molecular flexibility index (Phi) is 5.60. The highest BCUT2D eigenvalue weighted by molar-refractivity contribution is 5.79. The van der Waals surface area contributed by atoms with Crippen molar-refractivity contribution in [3.63, 3.8) is 0 Å². The maximum absolute atomic E-state index is 12.5. The molecule has 5 nitrogen and oxygen atoms in total. The normalized spacial score (nSPS) is 29.5. The van der Waals surface area contributed by atoms with Crippen LogP contribution in [0.4, 0.5) is 0 Å². The Bertz CT molecular complexity index is 298. The number of nitrogens with zero attached hydrogens (tertiary/aromatic N) is 2. The van der Waals surface area contributed by atoms with Crippen LogP contribution in [-0.4, -0.2) is 75.2 Å². The molecular weight excluding hydrogens is 242 g/mol. The molecule has 1 N–H and O–H groups in total. The van der Waals surface area contributed by atoms with E-state index >= 15 is 0 Å². The first-order valence-electron chi connectivity index (χ1n) is 7.43. The third-order valence-electron chi connectivity index (χ3n) is 4.35. The molecule has 2 saturated heterocycles. The summed E-state index contributed by atoms with van der Waals surface area (Å²) in [4.78, 5) is 17.0. The Morgan fingerprint density at radius 3 is 2.79 bits per heavy atom. The second-order valence-corrected chi connectivity index (χ2v) is 5.76. The summed E-state index contributed by atoms with van der Waals surface area (Å²) in [6.07, 6.45) is 1.07. The smallest absolute Gasteiger partial charge is 0.227 e. The molecule has 0 aromatic rings. The molecule has 2 unspecified atom stereocenters. The number of methoxy groups -OCH3 is 1. The predicted molar refractivity (Wildman–Crippen MR) is 75.0 cm³/mol. The van der Waals surface area contributed by atoms with Crippen LogP contribution in [0.25, 0.3) is 0 Å². The Hall–Kier alpha value is -0.650. The van der Waals surface area contributed by atoms with Crippen molar-refractivity contribution in [2.45, 2.75) is 13.3 Å². The molecule has 0 aromatic heterocycles. The molecule has 110 valence electrons. The first-order chi connectivity index (χ1) is 9.22. The van der Waals surface area contributed by atoms with Crippen LogP contribution in [0.15, 0.2) is 0 Å². The van der Waals surface area contributed by atoms with E-state index in [4.69, 9.17) is 4.74 Å². The second-order valence-electron chi connectivity index (χ2n) is 5.76. The summed E-state index contributed by atoms with van der Waals surface area (Å²) in [6, 6.07) is 0. The number of amides is 1.